The van der Waals surface area contributed by atoms with Gasteiger partial charge in [0.2, 0.25) is 5.91 Å². The zero-order valence-electron chi connectivity index (χ0n) is 10.2. The summed E-state index contributed by atoms with van der Waals surface area (Å²) in [5.74, 6) is 0.632. The van der Waals surface area contributed by atoms with Crippen LogP contribution < -0.4 is 5.32 Å². The Balaban J connectivity index is 0.00000120. The molecule has 0 bridgehead atoms. The molecule has 1 amide bonds. The van der Waals surface area contributed by atoms with Crippen molar-refractivity contribution >= 4 is 18.3 Å². The number of rotatable bonds is 2. The van der Waals surface area contributed by atoms with Crippen molar-refractivity contribution in [2.45, 2.75) is 18.9 Å². The normalized spacial score (nSPS) is 23.3. The van der Waals surface area contributed by atoms with Crippen molar-refractivity contribution in [1.82, 2.24) is 15.2 Å². The van der Waals surface area contributed by atoms with Gasteiger partial charge in [-0.3, -0.25) is 9.78 Å². The van der Waals surface area contributed by atoms with E-state index in [0.717, 1.165) is 38.0 Å². The molecule has 3 rings (SSSR count). The summed E-state index contributed by atoms with van der Waals surface area (Å²) in [6, 6.07) is 4.15. The number of carbonyl (C=O) groups is 1. The van der Waals surface area contributed by atoms with Crippen LogP contribution in [0.5, 0.6) is 0 Å². The van der Waals surface area contributed by atoms with Crippen LogP contribution >= 0.6 is 12.4 Å². The number of hydrogen-bond acceptors (Lipinski definition) is 3. The van der Waals surface area contributed by atoms with E-state index in [9.17, 15) is 4.79 Å². The second-order valence-electron chi connectivity index (χ2n) is 4.81. The van der Waals surface area contributed by atoms with Crippen molar-refractivity contribution < 1.29 is 4.79 Å². The van der Waals surface area contributed by atoms with Gasteiger partial charge in [0.1, 0.15) is 0 Å². The van der Waals surface area contributed by atoms with Crippen LogP contribution in [-0.4, -0.2) is 35.4 Å². The van der Waals surface area contributed by atoms with Gasteiger partial charge in [-0.1, -0.05) is 6.07 Å². The fourth-order valence-corrected chi connectivity index (χ4v) is 2.40. The molecule has 5 heteroatoms. The number of carbonyl (C=O) groups excluding carboxylic acids is 1. The monoisotopic (exact) mass is 267 g/mol. The van der Waals surface area contributed by atoms with Crippen LogP contribution in [0.2, 0.25) is 0 Å². The van der Waals surface area contributed by atoms with Gasteiger partial charge in [0.25, 0.3) is 0 Å². The van der Waals surface area contributed by atoms with E-state index in [1.807, 2.05) is 17.2 Å². The Morgan fingerprint density at radius 3 is 2.94 bits per heavy atom. The molecule has 0 spiro atoms. The minimum Gasteiger partial charge on any atom is -0.333 e. The summed E-state index contributed by atoms with van der Waals surface area (Å²) in [5.41, 5.74) is 1.13. The molecular weight excluding hydrogens is 250 g/mol. The van der Waals surface area contributed by atoms with E-state index in [4.69, 9.17) is 0 Å². The number of pyridine rings is 1. The zero-order valence-corrected chi connectivity index (χ0v) is 11.0. The van der Waals surface area contributed by atoms with Crippen LogP contribution in [0.4, 0.5) is 0 Å². The number of piperazine rings is 1. The van der Waals surface area contributed by atoms with Gasteiger partial charge in [-0.15, -0.1) is 12.4 Å². The van der Waals surface area contributed by atoms with Crippen LogP contribution in [0.15, 0.2) is 24.5 Å². The van der Waals surface area contributed by atoms with E-state index in [0.29, 0.717) is 11.8 Å². The molecule has 0 radical (unpaired) electrons. The van der Waals surface area contributed by atoms with Crippen LogP contribution in [0, 0.1) is 5.92 Å². The molecule has 0 aromatic carbocycles. The van der Waals surface area contributed by atoms with Crippen molar-refractivity contribution in [2.24, 2.45) is 5.92 Å². The van der Waals surface area contributed by atoms with Crippen molar-refractivity contribution in [2.75, 3.05) is 19.6 Å². The third-order valence-corrected chi connectivity index (χ3v) is 3.52. The number of halogens is 1. The van der Waals surface area contributed by atoms with Crippen molar-refractivity contribution in [3.63, 3.8) is 0 Å². The molecule has 1 atom stereocenters. The van der Waals surface area contributed by atoms with Gasteiger partial charge in [-0.05, 0) is 24.5 Å². The first-order chi connectivity index (χ1) is 8.36. The molecule has 1 saturated heterocycles. The SMILES string of the molecule is Cl.O=C(C1CC1)N1CCNCC1c1cccnc1. The summed E-state index contributed by atoms with van der Waals surface area (Å²) in [4.78, 5) is 18.4. The lowest BCUT2D eigenvalue weighted by molar-refractivity contribution is -0.135. The fourth-order valence-electron chi connectivity index (χ4n) is 2.40. The number of amides is 1. The van der Waals surface area contributed by atoms with Gasteiger partial charge < -0.3 is 10.2 Å². The molecule has 1 saturated carbocycles. The van der Waals surface area contributed by atoms with E-state index < -0.39 is 0 Å². The number of nitrogens with one attached hydrogen (secondary N) is 1. The minimum absolute atomic E-state index is 0. The third kappa shape index (κ3) is 2.65. The Morgan fingerprint density at radius 2 is 2.28 bits per heavy atom. The predicted molar refractivity (Wildman–Crippen MR) is 71.5 cm³/mol. The van der Waals surface area contributed by atoms with E-state index >= 15 is 0 Å². The van der Waals surface area contributed by atoms with Gasteiger partial charge >= 0.3 is 0 Å². The van der Waals surface area contributed by atoms with Crippen LogP contribution in [0.1, 0.15) is 24.4 Å². The Hall–Kier alpha value is -1.13. The Labute approximate surface area is 113 Å². The van der Waals surface area contributed by atoms with Gasteiger partial charge in [0, 0.05) is 37.9 Å². The molecule has 98 valence electrons. The molecule has 1 aliphatic heterocycles. The highest BCUT2D eigenvalue weighted by molar-refractivity contribution is 5.85. The van der Waals surface area contributed by atoms with Crippen molar-refractivity contribution in [3.8, 4) is 0 Å². The number of nitrogens with zero attached hydrogens (tertiary/aromatic N) is 2. The molecule has 1 aromatic heterocycles. The maximum atomic E-state index is 12.2. The summed E-state index contributed by atoms with van der Waals surface area (Å²) in [5, 5.41) is 3.36. The second kappa shape index (κ2) is 5.67. The quantitative estimate of drug-likeness (QED) is 0.881. The van der Waals surface area contributed by atoms with Crippen LogP contribution in [0.25, 0.3) is 0 Å². The Morgan fingerprint density at radius 1 is 1.44 bits per heavy atom. The van der Waals surface area contributed by atoms with Gasteiger partial charge in [0.05, 0.1) is 6.04 Å². The molecule has 1 aliphatic carbocycles. The molecule has 18 heavy (non-hydrogen) atoms. The molecule has 1 aromatic rings. The lowest BCUT2D eigenvalue weighted by atomic mass is 10.0. The largest absolute Gasteiger partial charge is 0.333 e. The molecule has 2 heterocycles. The summed E-state index contributed by atoms with van der Waals surface area (Å²) >= 11 is 0. The van der Waals surface area contributed by atoms with Gasteiger partial charge in [0.15, 0.2) is 0 Å². The molecule has 4 nitrogen and oxygen atoms in total. The highest BCUT2D eigenvalue weighted by Gasteiger charge is 2.37. The predicted octanol–water partition coefficient (Wildman–Crippen LogP) is 1.39. The van der Waals surface area contributed by atoms with E-state index in [2.05, 4.69) is 16.4 Å². The summed E-state index contributed by atoms with van der Waals surface area (Å²) in [6.45, 7) is 2.55. The maximum absolute atomic E-state index is 12.2. The summed E-state index contributed by atoms with van der Waals surface area (Å²) < 4.78 is 0. The average Bonchev–Trinajstić information content (AvgIpc) is 3.23. The first kappa shape index (κ1) is 13.3. The minimum atomic E-state index is 0. The van der Waals surface area contributed by atoms with E-state index in [-0.39, 0.29) is 18.4 Å². The third-order valence-electron chi connectivity index (χ3n) is 3.52. The lowest BCUT2D eigenvalue weighted by Gasteiger charge is -2.36. The number of aromatic nitrogens is 1. The van der Waals surface area contributed by atoms with Gasteiger partial charge in [-0.25, -0.2) is 0 Å². The first-order valence-corrected chi connectivity index (χ1v) is 6.27. The van der Waals surface area contributed by atoms with Crippen LogP contribution in [0.3, 0.4) is 0 Å². The number of hydrogen-bond donors (Lipinski definition) is 1. The van der Waals surface area contributed by atoms with Gasteiger partial charge in [-0.2, -0.15) is 0 Å². The molecular formula is C13H18ClN3O. The Bertz CT molecular complexity index is 408. The second-order valence-corrected chi connectivity index (χ2v) is 4.81. The topological polar surface area (TPSA) is 45.2 Å². The zero-order chi connectivity index (χ0) is 11.7. The fraction of sp³-hybridized carbons (Fsp3) is 0.538. The smallest absolute Gasteiger partial charge is 0.226 e. The Kier molecular flexibility index (Phi) is 4.19. The van der Waals surface area contributed by atoms with Crippen molar-refractivity contribution in [3.05, 3.63) is 30.1 Å². The standard InChI is InChI=1S/C13H17N3O.ClH/c17-13(10-3-4-10)16-7-6-15-9-12(16)11-2-1-5-14-8-11;/h1-2,5,8,10,12,15H,3-4,6-7,9H2;1H. The van der Waals surface area contributed by atoms with E-state index in [1.54, 1.807) is 6.20 Å². The maximum Gasteiger partial charge on any atom is 0.226 e. The van der Waals surface area contributed by atoms with Crippen molar-refractivity contribution in [1.29, 1.82) is 0 Å². The molecule has 1 N–H and O–H groups in total. The highest BCUT2D eigenvalue weighted by atomic mass is 35.5. The lowest BCUT2D eigenvalue weighted by Crippen LogP contribution is -2.49. The average molecular weight is 268 g/mol. The van der Waals surface area contributed by atoms with Crippen LogP contribution in [-0.2, 0) is 4.79 Å². The van der Waals surface area contributed by atoms with E-state index in [1.165, 1.54) is 0 Å². The summed E-state index contributed by atoms with van der Waals surface area (Å²) in [6.07, 6.45) is 5.78. The first-order valence-electron chi connectivity index (χ1n) is 6.27. The molecule has 2 aliphatic rings. The highest BCUT2D eigenvalue weighted by Crippen LogP contribution is 2.34. The molecule has 1 unspecified atom stereocenters. The summed E-state index contributed by atoms with van der Waals surface area (Å²) in [7, 11) is 0. The molecule has 2 fully saturated rings.